The number of hydrogen-bond donors (Lipinski definition) is 0. The molecule has 3 aromatic rings. The van der Waals surface area contributed by atoms with Crippen molar-refractivity contribution in [1.29, 1.82) is 0 Å². The van der Waals surface area contributed by atoms with Crippen molar-refractivity contribution in [3.63, 3.8) is 0 Å². The van der Waals surface area contributed by atoms with E-state index in [0.717, 1.165) is 11.3 Å². The summed E-state index contributed by atoms with van der Waals surface area (Å²) in [7, 11) is 3.14. The highest BCUT2D eigenvalue weighted by atomic mass is 32.1. The molecule has 0 aliphatic rings. The summed E-state index contributed by atoms with van der Waals surface area (Å²) in [4.78, 5) is 30.2. The third kappa shape index (κ3) is 5.70. The lowest BCUT2D eigenvalue weighted by molar-refractivity contribution is -0.139. The number of amides is 1. The predicted octanol–water partition coefficient (Wildman–Crippen LogP) is 4.60. The maximum Gasteiger partial charge on any atom is 0.331 e. The summed E-state index contributed by atoms with van der Waals surface area (Å²) < 4.78 is 15.7. The Hall–Kier alpha value is -3.65. The molecule has 0 bridgehead atoms. The van der Waals surface area contributed by atoms with E-state index in [9.17, 15) is 9.59 Å². The summed E-state index contributed by atoms with van der Waals surface area (Å²) in [5.41, 5.74) is 1.99. The van der Waals surface area contributed by atoms with Gasteiger partial charge in [-0.25, -0.2) is 9.78 Å². The highest BCUT2D eigenvalue weighted by Gasteiger charge is 2.21. The number of rotatable bonds is 8. The third-order valence-electron chi connectivity index (χ3n) is 4.26. The molecule has 1 amide bonds. The molecule has 0 unspecified atom stereocenters. The number of benzene rings is 2. The van der Waals surface area contributed by atoms with Crippen molar-refractivity contribution in [2.24, 2.45) is 0 Å². The summed E-state index contributed by atoms with van der Waals surface area (Å²) in [5.74, 6) is 0.611. The zero-order chi connectivity index (χ0) is 22.2. The van der Waals surface area contributed by atoms with Crippen molar-refractivity contribution >= 4 is 40.1 Å². The number of aromatic nitrogens is 1. The molecule has 0 atom stereocenters. The van der Waals surface area contributed by atoms with Crippen LogP contribution in [0, 0.1) is 0 Å². The molecule has 0 aliphatic carbocycles. The number of carbonyl (C=O) groups excluding carboxylic acids is 2. The Labute approximate surface area is 184 Å². The van der Waals surface area contributed by atoms with Crippen LogP contribution in [0.2, 0.25) is 0 Å². The number of esters is 1. The molecule has 0 fully saturated rings. The first-order valence-electron chi connectivity index (χ1n) is 9.39. The Kier molecular flexibility index (Phi) is 7.40. The van der Waals surface area contributed by atoms with Crippen LogP contribution < -0.4 is 14.4 Å². The number of carbonyl (C=O) groups is 2. The van der Waals surface area contributed by atoms with Crippen molar-refractivity contribution in [3.05, 3.63) is 71.2 Å². The first kappa shape index (κ1) is 22.0. The molecular formula is C23H22N2O5S. The van der Waals surface area contributed by atoms with Gasteiger partial charge in [0.1, 0.15) is 18.1 Å². The van der Waals surface area contributed by atoms with E-state index in [2.05, 4.69) is 4.98 Å². The molecule has 0 radical (unpaired) electrons. The van der Waals surface area contributed by atoms with E-state index in [-0.39, 0.29) is 12.5 Å². The first-order chi connectivity index (χ1) is 15.0. The molecule has 2 aromatic carbocycles. The van der Waals surface area contributed by atoms with E-state index < -0.39 is 5.97 Å². The van der Waals surface area contributed by atoms with Gasteiger partial charge < -0.3 is 14.2 Å². The second-order valence-corrected chi connectivity index (χ2v) is 7.20. The van der Waals surface area contributed by atoms with E-state index in [4.69, 9.17) is 14.2 Å². The van der Waals surface area contributed by atoms with Crippen LogP contribution in [0.25, 0.3) is 6.08 Å². The van der Waals surface area contributed by atoms with Crippen LogP contribution in [-0.4, -0.2) is 31.1 Å². The van der Waals surface area contributed by atoms with Crippen LogP contribution in [0.5, 0.6) is 11.5 Å². The van der Waals surface area contributed by atoms with Gasteiger partial charge >= 0.3 is 5.97 Å². The highest BCUT2D eigenvalue weighted by Crippen LogP contribution is 2.35. The molecule has 0 saturated carbocycles. The normalized spacial score (nSPS) is 10.7. The van der Waals surface area contributed by atoms with Gasteiger partial charge in [-0.2, -0.15) is 0 Å². The summed E-state index contributed by atoms with van der Waals surface area (Å²) in [6.45, 7) is 1.46. The second-order valence-electron chi connectivity index (χ2n) is 6.36. The molecule has 31 heavy (non-hydrogen) atoms. The fraction of sp³-hybridized carbons (Fsp3) is 0.174. The molecular weight excluding hydrogens is 416 g/mol. The lowest BCUT2D eigenvalue weighted by Gasteiger charge is -2.20. The maximum atomic E-state index is 12.3. The van der Waals surface area contributed by atoms with Crippen LogP contribution in [0.1, 0.15) is 18.2 Å². The number of ether oxygens (including phenoxy) is 3. The van der Waals surface area contributed by atoms with Crippen LogP contribution in [0.4, 0.5) is 10.8 Å². The van der Waals surface area contributed by atoms with Crippen molar-refractivity contribution < 1.29 is 23.8 Å². The summed E-state index contributed by atoms with van der Waals surface area (Å²) in [6, 6.07) is 14.5. The standard InChI is InChI=1S/C23H22N2O5S/c1-16(26)25(20-6-4-5-7-21(20)29-3)23-24-18(15-31-23)14-30-22(27)13-10-17-8-11-19(28-2)12-9-17/h4-13,15H,14H2,1-3H3/b13-10+. The fourth-order valence-electron chi connectivity index (χ4n) is 2.76. The van der Waals surface area contributed by atoms with Crippen LogP contribution in [-0.2, 0) is 20.9 Å². The molecule has 0 spiro atoms. The van der Waals surface area contributed by atoms with E-state index >= 15 is 0 Å². The van der Waals surface area contributed by atoms with Crippen LogP contribution in [0.15, 0.2) is 60.0 Å². The Morgan fingerprint density at radius 1 is 1.06 bits per heavy atom. The quantitative estimate of drug-likeness (QED) is 0.378. The smallest absolute Gasteiger partial charge is 0.331 e. The molecule has 1 heterocycles. The van der Waals surface area contributed by atoms with Gasteiger partial charge in [-0.1, -0.05) is 24.3 Å². The number of nitrogens with zero attached hydrogens (tertiary/aromatic N) is 2. The number of hydrogen-bond acceptors (Lipinski definition) is 7. The summed E-state index contributed by atoms with van der Waals surface area (Å²) in [6.07, 6.45) is 3.01. The molecule has 0 saturated heterocycles. The highest BCUT2D eigenvalue weighted by molar-refractivity contribution is 7.14. The topological polar surface area (TPSA) is 78.0 Å². The van der Waals surface area contributed by atoms with E-state index in [1.54, 1.807) is 37.8 Å². The number of anilines is 2. The average molecular weight is 439 g/mol. The van der Waals surface area contributed by atoms with Crippen LogP contribution >= 0.6 is 11.3 Å². The number of para-hydroxylation sites is 2. The fourth-order valence-corrected chi connectivity index (χ4v) is 3.62. The molecule has 0 N–H and O–H groups in total. The maximum absolute atomic E-state index is 12.3. The SMILES string of the molecule is COc1ccc(/C=C/C(=O)OCc2csc(N(C(C)=O)c3ccccc3OC)n2)cc1. The number of methoxy groups -OCH3 is 2. The molecule has 1 aromatic heterocycles. The minimum absolute atomic E-state index is 0.0000444. The van der Waals surface area contributed by atoms with Crippen molar-refractivity contribution in [2.45, 2.75) is 13.5 Å². The van der Waals surface area contributed by atoms with E-state index in [1.165, 1.54) is 29.2 Å². The van der Waals surface area contributed by atoms with Gasteiger partial charge in [0.25, 0.3) is 0 Å². The van der Waals surface area contributed by atoms with E-state index in [1.807, 2.05) is 36.4 Å². The third-order valence-corrected chi connectivity index (χ3v) is 5.14. The zero-order valence-corrected chi connectivity index (χ0v) is 18.2. The molecule has 7 nitrogen and oxygen atoms in total. The Morgan fingerprint density at radius 2 is 1.81 bits per heavy atom. The van der Waals surface area contributed by atoms with Crippen molar-refractivity contribution in [3.8, 4) is 11.5 Å². The number of thiazole rings is 1. The lowest BCUT2D eigenvalue weighted by Crippen LogP contribution is -2.23. The second kappa shape index (κ2) is 10.4. The summed E-state index contributed by atoms with van der Waals surface area (Å²) >= 11 is 1.28. The largest absolute Gasteiger partial charge is 0.497 e. The molecule has 0 aliphatic heterocycles. The van der Waals surface area contributed by atoms with E-state index in [0.29, 0.717) is 22.3 Å². The molecule has 8 heteroatoms. The molecule has 160 valence electrons. The van der Waals surface area contributed by atoms with Gasteiger partial charge in [-0.05, 0) is 35.9 Å². The van der Waals surface area contributed by atoms with Crippen molar-refractivity contribution in [1.82, 2.24) is 4.98 Å². The Balaban J connectivity index is 1.65. The first-order valence-corrected chi connectivity index (χ1v) is 10.3. The Morgan fingerprint density at radius 3 is 2.48 bits per heavy atom. The minimum Gasteiger partial charge on any atom is -0.497 e. The van der Waals surface area contributed by atoms with Gasteiger partial charge in [-0.15, -0.1) is 11.3 Å². The zero-order valence-electron chi connectivity index (χ0n) is 17.4. The van der Waals surface area contributed by atoms with Crippen LogP contribution in [0.3, 0.4) is 0 Å². The lowest BCUT2D eigenvalue weighted by atomic mass is 10.2. The van der Waals surface area contributed by atoms with Gasteiger partial charge in [0.15, 0.2) is 5.13 Å². The van der Waals surface area contributed by atoms with Gasteiger partial charge in [-0.3, -0.25) is 9.69 Å². The van der Waals surface area contributed by atoms with Crippen molar-refractivity contribution in [2.75, 3.05) is 19.1 Å². The minimum atomic E-state index is -0.487. The summed E-state index contributed by atoms with van der Waals surface area (Å²) in [5, 5.41) is 2.22. The monoisotopic (exact) mass is 438 g/mol. The van der Waals surface area contributed by atoms with Gasteiger partial charge in [0.05, 0.1) is 25.6 Å². The predicted molar refractivity (Wildman–Crippen MR) is 120 cm³/mol. The van der Waals surface area contributed by atoms with Gasteiger partial charge in [0, 0.05) is 18.4 Å². The average Bonchev–Trinajstić information content (AvgIpc) is 3.25. The Bertz CT molecular complexity index is 1080. The molecule has 3 rings (SSSR count). The van der Waals surface area contributed by atoms with Gasteiger partial charge in [0.2, 0.25) is 5.91 Å².